The molecule has 0 aliphatic rings. The highest BCUT2D eigenvalue weighted by Gasteiger charge is 2.07. The Balaban J connectivity index is 0. The molecule has 0 spiro atoms. The molecule has 14 heavy (non-hydrogen) atoms. The van der Waals surface area contributed by atoms with E-state index in [1.165, 1.54) is 6.66 Å². The Hall–Kier alpha value is 0.110. The normalized spacial score (nSPS) is 14.1. The molecule has 0 heterocycles. The first-order valence-electron chi connectivity index (χ1n) is 5.21. The Labute approximate surface area is 87.4 Å². The van der Waals surface area contributed by atoms with E-state index in [0.29, 0.717) is 13.2 Å². The van der Waals surface area contributed by atoms with Gasteiger partial charge in [-0.25, -0.2) is 0 Å². The van der Waals surface area contributed by atoms with Crippen LogP contribution in [-0.2, 0) is 9.09 Å². The van der Waals surface area contributed by atoms with Crippen LogP contribution in [0.4, 0.5) is 0 Å². The molecule has 0 aliphatic carbocycles. The zero-order chi connectivity index (χ0) is 11.4. The van der Waals surface area contributed by atoms with Crippen molar-refractivity contribution in [2.45, 2.75) is 39.5 Å². The largest absolute Gasteiger partial charge is 0.330 e. The molecule has 0 saturated carbocycles. The van der Waals surface area contributed by atoms with Gasteiger partial charge in [0.25, 0.3) is 0 Å². The fourth-order valence-corrected chi connectivity index (χ4v) is 1.30. The highest BCUT2D eigenvalue weighted by Crippen LogP contribution is 2.36. The van der Waals surface area contributed by atoms with E-state index in [-0.39, 0.29) is 0 Å². The van der Waals surface area contributed by atoms with Crippen molar-refractivity contribution < 1.29 is 14.0 Å². The van der Waals surface area contributed by atoms with E-state index in [1.807, 2.05) is 13.8 Å². The third-order valence-corrected chi connectivity index (χ3v) is 2.09. The zero-order valence-electron chi connectivity index (χ0n) is 9.53. The van der Waals surface area contributed by atoms with Crippen LogP contribution in [0, 0.1) is 0 Å². The van der Waals surface area contributed by atoms with Crippen molar-refractivity contribution in [3.8, 4) is 0 Å². The van der Waals surface area contributed by atoms with Gasteiger partial charge in [0.1, 0.15) is 0 Å². The van der Waals surface area contributed by atoms with Crippen molar-refractivity contribution in [3.63, 3.8) is 0 Å². The van der Waals surface area contributed by atoms with Crippen molar-refractivity contribution in [3.05, 3.63) is 0 Å². The van der Waals surface area contributed by atoms with Gasteiger partial charge in [0.15, 0.2) is 0 Å². The number of hydrogen-bond acceptors (Lipinski definition) is 3. The molecule has 0 aromatic heterocycles. The molecule has 4 nitrogen and oxygen atoms in total. The highest BCUT2D eigenvalue weighted by atomic mass is 31.2. The van der Waals surface area contributed by atoms with Crippen molar-refractivity contribution in [2.24, 2.45) is 5.73 Å². The molecule has 88 valence electrons. The van der Waals surface area contributed by atoms with Gasteiger partial charge in [-0.3, -0.25) is 4.57 Å². The lowest BCUT2D eigenvalue weighted by atomic mass is 10.2. The average Bonchev–Trinajstić information content (AvgIpc) is 2.13. The van der Waals surface area contributed by atoms with E-state index < -0.39 is 7.60 Å². The summed E-state index contributed by atoms with van der Waals surface area (Å²) >= 11 is 0. The molecule has 0 saturated heterocycles. The van der Waals surface area contributed by atoms with Crippen LogP contribution in [0.15, 0.2) is 0 Å². The maximum atomic E-state index is 10.6. The van der Waals surface area contributed by atoms with Gasteiger partial charge in [-0.05, 0) is 19.4 Å². The number of rotatable bonds is 7. The molecule has 1 unspecified atom stereocenters. The van der Waals surface area contributed by atoms with Gasteiger partial charge in [-0.1, -0.05) is 26.7 Å². The number of unbranched alkanes of at least 4 members (excludes halogenated alkanes) is 3. The topological polar surface area (TPSA) is 72.5 Å². The Bertz CT molecular complexity index is 147. The number of nitrogens with two attached hydrogens (primary N) is 1. The summed E-state index contributed by atoms with van der Waals surface area (Å²) in [7, 11) is -3.25. The van der Waals surface area contributed by atoms with E-state index in [2.05, 4.69) is 4.52 Å². The zero-order valence-corrected chi connectivity index (χ0v) is 10.4. The Morgan fingerprint density at radius 1 is 1.21 bits per heavy atom. The second-order valence-electron chi connectivity index (χ2n) is 2.84. The van der Waals surface area contributed by atoms with Crippen LogP contribution in [0.5, 0.6) is 0 Å². The van der Waals surface area contributed by atoms with Crippen molar-refractivity contribution in [2.75, 3.05) is 19.8 Å². The molecular formula is C9H24NO3P. The van der Waals surface area contributed by atoms with Crippen LogP contribution in [0.1, 0.15) is 39.5 Å². The predicted octanol–water partition coefficient (Wildman–Crippen LogP) is 2.36. The quantitative estimate of drug-likeness (QED) is 0.515. The monoisotopic (exact) mass is 225 g/mol. The Morgan fingerprint density at radius 3 is 2.14 bits per heavy atom. The highest BCUT2D eigenvalue weighted by molar-refractivity contribution is 7.51. The molecule has 0 rings (SSSR count). The summed E-state index contributed by atoms with van der Waals surface area (Å²) in [5, 5.41) is 0. The fraction of sp³-hybridized carbons (Fsp3) is 1.00. The van der Waals surface area contributed by atoms with Gasteiger partial charge < -0.3 is 15.2 Å². The van der Waals surface area contributed by atoms with Gasteiger partial charge in [-0.2, -0.15) is 0 Å². The standard InChI is InChI=1S/C7H18NO3P.C2H6/c1-12(9,10)11-7-5-3-2-4-6-8;1-2/h2-8H2,1H3,(H,9,10);1-2H3. The predicted molar refractivity (Wildman–Crippen MR) is 60.6 cm³/mol. The van der Waals surface area contributed by atoms with E-state index in [1.54, 1.807) is 0 Å². The van der Waals surface area contributed by atoms with Gasteiger partial charge in [0, 0.05) is 6.66 Å². The molecule has 3 N–H and O–H groups in total. The number of hydrogen-bond donors (Lipinski definition) is 2. The van der Waals surface area contributed by atoms with Crippen molar-refractivity contribution >= 4 is 7.60 Å². The Kier molecular flexibility index (Phi) is 13.2. The lowest BCUT2D eigenvalue weighted by molar-refractivity contribution is 0.257. The first-order chi connectivity index (χ1) is 6.56. The first kappa shape index (κ1) is 16.5. The van der Waals surface area contributed by atoms with Crippen LogP contribution in [0.2, 0.25) is 0 Å². The van der Waals surface area contributed by atoms with E-state index in [0.717, 1.165) is 25.7 Å². The summed E-state index contributed by atoms with van der Waals surface area (Å²) in [6, 6.07) is 0. The Morgan fingerprint density at radius 2 is 1.71 bits per heavy atom. The molecule has 5 heteroatoms. The third kappa shape index (κ3) is 18.0. The van der Waals surface area contributed by atoms with E-state index in [9.17, 15) is 4.57 Å². The molecule has 0 amide bonds. The molecule has 0 aliphatic heterocycles. The summed E-state index contributed by atoms with van der Waals surface area (Å²) < 4.78 is 15.3. The average molecular weight is 225 g/mol. The lowest BCUT2D eigenvalue weighted by Gasteiger charge is -2.05. The SMILES string of the molecule is CC.CP(=O)(O)OCCCCCCN. The minimum Gasteiger partial charge on any atom is -0.330 e. The molecule has 0 fully saturated rings. The molecule has 1 atom stereocenters. The molecule has 0 aromatic rings. The van der Waals surface area contributed by atoms with Crippen LogP contribution >= 0.6 is 7.60 Å². The van der Waals surface area contributed by atoms with Gasteiger partial charge in [-0.15, -0.1) is 0 Å². The maximum absolute atomic E-state index is 10.6. The van der Waals surface area contributed by atoms with Crippen LogP contribution in [0.3, 0.4) is 0 Å². The van der Waals surface area contributed by atoms with Gasteiger partial charge in [0.05, 0.1) is 6.61 Å². The summed E-state index contributed by atoms with van der Waals surface area (Å²) in [4.78, 5) is 8.73. The summed E-state index contributed by atoms with van der Waals surface area (Å²) in [5.74, 6) is 0. The summed E-state index contributed by atoms with van der Waals surface area (Å²) in [6.45, 7) is 6.29. The smallest absolute Gasteiger partial charge is 0.325 e. The summed E-state index contributed by atoms with van der Waals surface area (Å²) in [6.07, 6.45) is 3.93. The van der Waals surface area contributed by atoms with Crippen molar-refractivity contribution in [1.82, 2.24) is 0 Å². The van der Waals surface area contributed by atoms with Gasteiger partial charge >= 0.3 is 7.60 Å². The van der Waals surface area contributed by atoms with Gasteiger partial charge in [0.2, 0.25) is 0 Å². The molecular weight excluding hydrogens is 201 g/mol. The maximum Gasteiger partial charge on any atom is 0.325 e. The van der Waals surface area contributed by atoms with Crippen LogP contribution in [-0.4, -0.2) is 24.7 Å². The lowest BCUT2D eigenvalue weighted by Crippen LogP contribution is -1.98. The van der Waals surface area contributed by atoms with Crippen LogP contribution < -0.4 is 5.73 Å². The minimum absolute atomic E-state index is 0.370. The second-order valence-corrected chi connectivity index (χ2v) is 4.70. The molecule has 0 aromatic carbocycles. The van der Waals surface area contributed by atoms with Crippen molar-refractivity contribution in [1.29, 1.82) is 0 Å². The molecule has 0 bridgehead atoms. The fourth-order valence-electron chi connectivity index (χ4n) is 0.834. The third-order valence-electron chi connectivity index (χ3n) is 1.43. The first-order valence-corrected chi connectivity index (χ1v) is 7.23. The molecule has 0 radical (unpaired) electrons. The van der Waals surface area contributed by atoms with E-state index >= 15 is 0 Å². The van der Waals surface area contributed by atoms with Crippen LogP contribution in [0.25, 0.3) is 0 Å². The summed E-state index contributed by atoms with van der Waals surface area (Å²) in [5.41, 5.74) is 5.30. The minimum atomic E-state index is -3.25. The second kappa shape index (κ2) is 11.2. The van der Waals surface area contributed by atoms with E-state index in [4.69, 9.17) is 10.6 Å².